The Morgan fingerprint density at radius 2 is 2.12 bits per heavy atom. The SMILES string of the molecule is CC(C)CNCCc1cc(F)cc([N+](=O)[O-])c1. The number of hydrogen-bond acceptors (Lipinski definition) is 3. The molecule has 0 amide bonds. The zero-order valence-corrected chi connectivity index (χ0v) is 10.1. The topological polar surface area (TPSA) is 55.2 Å². The Morgan fingerprint density at radius 1 is 1.41 bits per heavy atom. The molecule has 0 radical (unpaired) electrons. The van der Waals surface area contributed by atoms with Crippen LogP contribution in [-0.4, -0.2) is 18.0 Å². The zero-order valence-electron chi connectivity index (χ0n) is 10.1. The van der Waals surface area contributed by atoms with E-state index in [1.54, 1.807) is 0 Å². The van der Waals surface area contributed by atoms with Crippen molar-refractivity contribution in [1.29, 1.82) is 0 Å². The quantitative estimate of drug-likeness (QED) is 0.472. The van der Waals surface area contributed by atoms with Gasteiger partial charge in [0, 0.05) is 6.07 Å². The molecule has 0 saturated heterocycles. The number of non-ortho nitro benzene ring substituents is 1. The van der Waals surface area contributed by atoms with E-state index in [1.165, 1.54) is 12.1 Å². The Morgan fingerprint density at radius 3 is 2.71 bits per heavy atom. The molecule has 0 aliphatic heterocycles. The summed E-state index contributed by atoms with van der Waals surface area (Å²) in [6.07, 6.45) is 0.589. The molecule has 94 valence electrons. The van der Waals surface area contributed by atoms with Crippen molar-refractivity contribution in [3.05, 3.63) is 39.7 Å². The van der Waals surface area contributed by atoms with Crippen LogP contribution in [0.5, 0.6) is 0 Å². The smallest absolute Gasteiger partial charge is 0.272 e. The predicted molar refractivity (Wildman–Crippen MR) is 64.5 cm³/mol. The Balaban J connectivity index is 2.56. The van der Waals surface area contributed by atoms with Gasteiger partial charge < -0.3 is 5.32 Å². The molecular weight excluding hydrogens is 223 g/mol. The van der Waals surface area contributed by atoms with Gasteiger partial charge >= 0.3 is 0 Å². The average molecular weight is 240 g/mol. The summed E-state index contributed by atoms with van der Waals surface area (Å²) in [5.41, 5.74) is 0.455. The number of halogens is 1. The molecule has 0 fully saturated rings. The van der Waals surface area contributed by atoms with E-state index in [4.69, 9.17) is 0 Å². The van der Waals surface area contributed by atoms with Crippen LogP contribution in [0.4, 0.5) is 10.1 Å². The first-order valence-corrected chi connectivity index (χ1v) is 5.63. The van der Waals surface area contributed by atoms with Gasteiger partial charge in [0.2, 0.25) is 0 Å². The van der Waals surface area contributed by atoms with Crippen LogP contribution in [0.25, 0.3) is 0 Å². The lowest BCUT2D eigenvalue weighted by Gasteiger charge is -2.07. The Kier molecular flexibility index (Phi) is 5.03. The number of nitrogens with zero attached hydrogens (tertiary/aromatic N) is 1. The van der Waals surface area contributed by atoms with E-state index in [0.29, 0.717) is 24.4 Å². The molecule has 1 aromatic rings. The monoisotopic (exact) mass is 240 g/mol. The van der Waals surface area contributed by atoms with E-state index in [2.05, 4.69) is 19.2 Å². The molecule has 4 nitrogen and oxygen atoms in total. The second-order valence-electron chi connectivity index (χ2n) is 4.42. The Labute approximate surface area is 100.0 Å². The number of nitro groups is 1. The number of nitro benzene ring substituents is 1. The van der Waals surface area contributed by atoms with Gasteiger partial charge in [-0.1, -0.05) is 13.8 Å². The first-order valence-electron chi connectivity index (χ1n) is 5.63. The standard InChI is InChI=1S/C12H17FN2O2/c1-9(2)8-14-4-3-10-5-11(13)7-12(6-10)15(16)17/h5-7,9,14H,3-4,8H2,1-2H3. The van der Waals surface area contributed by atoms with E-state index in [-0.39, 0.29) is 5.69 Å². The molecule has 17 heavy (non-hydrogen) atoms. The molecule has 0 unspecified atom stereocenters. The van der Waals surface area contributed by atoms with Crippen LogP contribution in [0.15, 0.2) is 18.2 Å². The number of nitrogens with one attached hydrogen (secondary N) is 1. The number of hydrogen-bond donors (Lipinski definition) is 1. The highest BCUT2D eigenvalue weighted by Gasteiger charge is 2.09. The van der Waals surface area contributed by atoms with Gasteiger partial charge in [0.05, 0.1) is 11.0 Å². The van der Waals surface area contributed by atoms with E-state index >= 15 is 0 Å². The van der Waals surface area contributed by atoms with Crippen molar-refractivity contribution in [2.24, 2.45) is 5.92 Å². The summed E-state index contributed by atoms with van der Waals surface area (Å²) in [4.78, 5) is 9.97. The summed E-state index contributed by atoms with van der Waals surface area (Å²) >= 11 is 0. The lowest BCUT2D eigenvalue weighted by molar-refractivity contribution is -0.385. The minimum Gasteiger partial charge on any atom is -0.316 e. The number of benzene rings is 1. The van der Waals surface area contributed by atoms with Crippen LogP contribution in [-0.2, 0) is 6.42 Å². The largest absolute Gasteiger partial charge is 0.316 e. The highest BCUT2D eigenvalue weighted by atomic mass is 19.1. The molecule has 0 atom stereocenters. The van der Waals surface area contributed by atoms with Crippen molar-refractivity contribution in [1.82, 2.24) is 5.32 Å². The lowest BCUT2D eigenvalue weighted by Crippen LogP contribution is -2.22. The summed E-state index contributed by atoms with van der Waals surface area (Å²) in [5, 5.41) is 13.8. The van der Waals surface area contributed by atoms with Crippen LogP contribution in [0, 0.1) is 21.8 Å². The van der Waals surface area contributed by atoms with E-state index in [0.717, 1.165) is 12.6 Å². The second kappa shape index (κ2) is 6.30. The van der Waals surface area contributed by atoms with Gasteiger partial charge in [-0.05, 0) is 37.1 Å². The summed E-state index contributed by atoms with van der Waals surface area (Å²) in [6, 6.07) is 3.69. The molecule has 0 heterocycles. The molecule has 0 bridgehead atoms. The van der Waals surface area contributed by atoms with E-state index < -0.39 is 10.7 Å². The van der Waals surface area contributed by atoms with Crippen molar-refractivity contribution in [3.63, 3.8) is 0 Å². The maximum Gasteiger partial charge on any atom is 0.272 e. The molecule has 1 aromatic carbocycles. The van der Waals surface area contributed by atoms with Gasteiger partial charge in [0.1, 0.15) is 5.82 Å². The van der Waals surface area contributed by atoms with Gasteiger partial charge in [0.15, 0.2) is 0 Å². The van der Waals surface area contributed by atoms with E-state index in [9.17, 15) is 14.5 Å². The zero-order chi connectivity index (χ0) is 12.8. The molecule has 0 aliphatic rings. The molecule has 1 rings (SSSR count). The van der Waals surface area contributed by atoms with Crippen LogP contribution in [0.3, 0.4) is 0 Å². The lowest BCUT2D eigenvalue weighted by atomic mass is 10.1. The predicted octanol–water partition coefficient (Wildman–Crippen LogP) is 2.52. The second-order valence-corrected chi connectivity index (χ2v) is 4.42. The molecule has 5 heteroatoms. The van der Waals surface area contributed by atoms with Crippen LogP contribution in [0.1, 0.15) is 19.4 Å². The van der Waals surface area contributed by atoms with Crippen molar-refractivity contribution in [3.8, 4) is 0 Å². The highest BCUT2D eigenvalue weighted by molar-refractivity contribution is 5.35. The van der Waals surface area contributed by atoms with Gasteiger partial charge in [-0.2, -0.15) is 0 Å². The van der Waals surface area contributed by atoms with Gasteiger partial charge in [-0.25, -0.2) is 4.39 Å². The summed E-state index contributed by atoms with van der Waals surface area (Å²) in [6.45, 7) is 5.77. The molecule has 0 spiro atoms. The van der Waals surface area contributed by atoms with Crippen molar-refractivity contribution in [2.45, 2.75) is 20.3 Å². The van der Waals surface area contributed by atoms with Crippen molar-refractivity contribution >= 4 is 5.69 Å². The third-order valence-electron chi connectivity index (χ3n) is 2.30. The third kappa shape index (κ3) is 4.91. The van der Waals surface area contributed by atoms with Crippen LogP contribution >= 0.6 is 0 Å². The van der Waals surface area contributed by atoms with Gasteiger partial charge in [0.25, 0.3) is 5.69 Å². The fourth-order valence-corrected chi connectivity index (χ4v) is 1.51. The Hall–Kier alpha value is -1.49. The highest BCUT2D eigenvalue weighted by Crippen LogP contribution is 2.16. The maximum atomic E-state index is 13.1. The summed E-state index contributed by atoms with van der Waals surface area (Å²) in [7, 11) is 0. The molecule has 1 N–H and O–H groups in total. The fourth-order valence-electron chi connectivity index (χ4n) is 1.51. The summed E-state index contributed by atoms with van der Waals surface area (Å²) in [5.74, 6) is -0.00472. The fraction of sp³-hybridized carbons (Fsp3) is 0.500. The molecule has 0 saturated carbocycles. The molecular formula is C12H17FN2O2. The first kappa shape index (κ1) is 13.6. The third-order valence-corrected chi connectivity index (χ3v) is 2.30. The van der Waals surface area contributed by atoms with Gasteiger partial charge in [-0.3, -0.25) is 10.1 Å². The Bertz CT molecular complexity index is 394. The van der Waals surface area contributed by atoms with Crippen LogP contribution in [0.2, 0.25) is 0 Å². The van der Waals surface area contributed by atoms with Crippen molar-refractivity contribution < 1.29 is 9.31 Å². The van der Waals surface area contributed by atoms with Crippen LogP contribution < -0.4 is 5.32 Å². The first-order chi connectivity index (χ1) is 7.99. The van der Waals surface area contributed by atoms with Crippen molar-refractivity contribution in [2.75, 3.05) is 13.1 Å². The average Bonchev–Trinajstić information content (AvgIpc) is 2.23. The maximum absolute atomic E-state index is 13.1. The van der Waals surface area contributed by atoms with E-state index in [1.807, 2.05) is 0 Å². The number of rotatable bonds is 6. The normalized spacial score (nSPS) is 10.8. The van der Waals surface area contributed by atoms with Gasteiger partial charge in [-0.15, -0.1) is 0 Å². The minimum atomic E-state index is -0.575. The summed E-state index contributed by atoms with van der Waals surface area (Å²) < 4.78 is 13.1. The molecule has 0 aromatic heterocycles. The minimum absolute atomic E-state index is 0.191. The molecule has 0 aliphatic carbocycles.